The Morgan fingerprint density at radius 3 is 2.36 bits per heavy atom. The summed E-state index contributed by atoms with van der Waals surface area (Å²) in [6.45, 7) is 1.54. The average Bonchev–Trinajstić information content (AvgIpc) is 3.01. The second-order valence-corrected chi connectivity index (χ2v) is 7.96. The molecule has 1 fully saturated rings. The van der Waals surface area contributed by atoms with Crippen LogP contribution in [-0.4, -0.2) is 55.0 Å². The standard InChI is InChI=1S/C23H21Cl2NO7/c1-12(27)33-15-6-4-13(5-7-15)19-18(21(29)23(30)26(19)8-9-31-2)20(28)16-10-14(24)11-17(25)22(16)32-3/h4-7,10-11,19,28H,8-9H2,1-3H3/b20-18+. The maximum absolute atomic E-state index is 13.0. The fourth-order valence-electron chi connectivity index (χ4n) is 3.62. The van der Waals surface area contributed by atoms with E-state index in [1.165, 1.54) is 50.3 Å². The first-order valence-electron chi connectivity index (χ1n) is 9.78. The zero-order valence-corrected chi connectivity index (χ0v) is 19.6. The monoisotopic (exact) mass is 493 g/mol. The van der Waals surface area contributed by atoms with Crippen LogP contribution in [0.25, 0.3) is 5.76 Å². The molecule has 2 aromatic carbocycles. The van der Waals surface area contributed by atoms with Gasteiger partial charge in [0, 0.05) is 25.6 Å². The minimum absolute atomic E-state index is 0.0706. The molecule has 0 aromatic heterocycles. The van der Waals surface area contributed by atoms with Crippen LogP contribution in [0.4, 0.5) is 0 Å². The van der Waals surface area contributed by atoms with Gasteiger partial charge in [-0.15, -0.1) is 0 Å². The zero-order valence-electron chi connectivity index (χ0n) is 18.1. The van der Waals surface area contributed by atoms with E-state index < -0.39 is 29.5 Å². The van der Waals surface area contributed by atoms with Crippen molar-refractivity contribution in [1.82, 2.24) is 4.90 Å². The zero-order chi connectivity index (χ0) is 24.3. The molecule has 1 aliphatic rings. The highest BCUT2D eigenvalue weighted by Gasteiger charge is 2.46. The van der Waals surface area contributed by atoms with Gasteiger partial charge in [0.1, 0.15) is 17.3 Å². The van der Waals surface area contributed by atoms with Crippen molar-refractivity contribution in [3.05, 3.63) is 63.1 Å². The highest BCUT2D eigenvalue weighted by Crippen LogP contribution is 2.43. The molecule has 0 saturated carbocycles. The number of carbonyl (C=O) groups excluding carboxylic acids is 3. The lowest BCUT2D eigenvalue weighted by Gasteiger charge is -2.25. The minimum Gasteiger partial charge on any atom is -0.507 e. The highest BCUT2D eigenvalue weighted by atomic mass is 35.5. The van der Waals surface area contributed by atoms with Gasteiger partial charge in [-0.1, -0.05) is 35.3 Å². The lowest BCUT2D eigenvalue weighted by atomic mass is 9.95. The van der Waals surface area contributed by atoms with Crippen LogP contribution >= 0.6 is 23.2 Å². The van der Waals surface area contributed by atoms with E-state index >= 15 is 0 Å². The predicted molar refractivity (Wildman–Crippen MR) is 122 cm³/mol. The van der Waals surface area contributed by atoms with Crippen molar-refractivity contribution in [2.24, 2.45) is 0 Å². The summed E-state index contributed by atoms with van der Waals surface area (Å²) >= 11 is 12.3. The molecule has 174 valence electrons. The van der Waals surface area contributed by atoms with Gasteiger partial charge in [0.2, 0.25) is 0 Å². The summed E-state index contributed by atoms with van der Waals surface area (Å²) in [7, 11) is 2.83. The van der Waals surface area contributed by atoms with Gasteiger partial charge < -0.3 is 24.2 Å². The largest absolute Gasteiger partial charge is 0.507 e. The number of hydrogen-bond acceptors (Lipinski definition) is 7. The van der Waals surface area contributed by atoms with Gasteiger partial charge in [-0.25, -0.2) is 0 Å². The van der Waals surface area contributed by atoms with Crippen molar-refractivity contribution < 1.29 is 33.7 Å². The van der Waals surface area contributed by atoms with Crippen LogP contribution in [0, 0.1) is 0 Å². The molecule has 1 N–H and O–H groups in total. The van der Waals surface area contributed by atoms with Crippen molar-refractivity contribution >= 4 is 46.6 Å². The number of likely N-dealkylation sites (tertiary alicyclic amines) is 1. The maximum Gasteiger partial charge on any atom is 0.308 e. The van der Waals surface area contributed by atoms with Crippen LogP contribution in [0.5, 0.6) is 11.5 Å². The van der Waals surface area contributed by atoms with Crippen LogP contribution in [-0.2, 0) is 19.1 Å². The molecule has 33 heavy (non-hydrogen) atoms. The van der Waals surface area contributed by atoms with Gasteiger partial charge in [-0.2, -0.15) is 0 Å². The third-order valence-electron chi connectivity index (χ3n) is 5.00. The molecule has 1 heterocycles. The van der Waals surface area contributed by atoms with E-state index in [1.54, 1.807) is 12.1 Å². The Hall–Kier alpha value is -3.07. The number of ether oxygens (including phenoxy) is 3. The fourth-order valence-corrected chi connectivity index (χ4v) is 4.19. The first-order valence-corrected chi connectivity index (χ1v) is 10.5. The molecular formula is C23H21Cl2NO7. The van der Waals surface area contributed by atoms with Crippen molar-refractivity contribution in [3.8, 4) is 11.5 Å². The highest BCUT2D eigenvalue weighted by molar-refractivity contribution is 6.46. The van der Waals surface area contributed by atoms with Crippen LogP contribution in [0.1, 0.15) is 24.1 Å². The molecule has 8 nitrogen and oxygen atoms in total. The number of rotatable bonds is 7. The first-order chi connectivity index (χ1) is 15.7. The first kappa shape index (κ1) is 24.6. The lowest BCUT2D eigenvalue weighted by molar-refractivity contribution is -0.140. The second-order valence-electron chi connectivity index (χ2n) is 7.12. The molecule has 1 amide bonds. The van der Waals surface area contributed by atoms with Crippen molar-refractivity contribution in [3.63, 3.8) is 0 Å². The van der Waals surface area contributed by atoms with Crippen LogP contribution in [0.3, 0.4) is 0 Å². The van der Waals surface area contributed by atoms with Crippen LogP contribution < -0.4 is 9.47 Å². The molecule has 3 rings (SSSR count). The van der Waals surface area contributed by atoms with Gasteiger partial charge in [0.15, 0.2) is 0 Å². The van der Waals surface area contributed by atoms with E-state index in [-0.39, 0.29) is 40.1 Å². The summed E-state index contributed by atoms with van der Waals surface area (Å²) in [4.78, 5) is 38.4. The molecule has 0 radical (unpaired) electrons. The van der Waals surface area contributed by atoms with Crippen LogP contribution in [0.15, 0.2) is 42.0 Å². The molecule has 1 aliphatic heterocycles. The molecule has 1 saturated heterocycles. The summed E-state index contributed by atoms with van der Waals surface area (Å²) in [5, 5.41) is 11.5. The smallest absolute Gasteiger partial charge is 0.308 e. The molecule has 2 aromatic rings. The Kier molecular flexibility index (Phi) is 7.63. The second kappa shape index (κ2) is 10.2. The molecule has 1 unspecified atom stereocenters. The van der Waals surface area contributed by atoms with Gasteiger partial charge in [-0.3, -0.25) is 14.4 Å². The summed E-state index contributed by atoms with van der Waals surface area (Å²) in [6, 6.07) is 8.16. The molecule has 0 bridgehead atoms. The number of amides is 1. The average molecular weight is 494 g/mol. The van der Waals surface area contributed by atoms with Gasteiger partial charge >= 0.3 is 5.97 Å². The normalized spacial score (nSPS) is 17.4. The summed E-state index contributed by atoms with van der Waals surface area (Å²) in [5.41, 5.74) is 0.420. The SMILES string of the molecule is COCCN1C(=O)C(=O)/C(=C(/O)c2cc(Cl)cc(Cl)c2OC)C1c1ccc(OC(C)=O)cc1. The number of halogens is 2. The molecule has 0 aliphatic carbocycles. The van der Waals surface area contributed by atoms with Crippen molar-refractivity contribution in [2.75, 3.05) is 27.4 Å². The number of Topliss-reactive ketones (excluding diaryl/α,β-unsaturated/α-hetero) is 1. The van der Waals surface area contributed by atoms with E-state index in [0.29, 0.717) is 11.3 Å². The number of aliphatic hydroxyl groups excluding tert-OH is 1. The molecule has 1 atom stereocenters. The Morgan fingerprint density at radius 2 is 1.79 bits per heavy atom. The number of esters is 1. The lowest BCUT2D eigenvalue weighted by Crippen LogP contribution is -2.32. The van der Waals surface area contributed by atoms with E-state index in [0.717, 1.165) is 0 Å². The number of methoxy groups -OCH3 is 2. The number of benzene rings is 2. The molecule has 0 spiro atoms. The van der Waals surface area contributed by atoms with Crippen molar-refractivity contribution in [1.29, 1.82) is 0 Å². The van der Waals surface area contributed by atoms with Gasteiger partial charge in [0.05, 0.1) is 35.9 Å². The summed E-state index contributed by atoms with van der Waals surface area (Å²) in [6.07, 6.45) is 0. The quantitative estimate of drug-likeness (QED) is 0.204. The number of carbonyl (C=O) groups is 3. The van der Waals surface area contributed by atoms with Crippen LogP contribution in [0.2, 0.25) is 10.0 Å². The Labute approximate surface area is 200 Å². The topological polar surface area (TPSA) is 102 Å². The van der Waals surface area contributed by atoms with E-state index in [9.17, 15) is 19.5 Å². The Morgan fingerprint density at radius 1 is 1.12 bits per heavy atom. The van der Waals surface area contributed by atoms with E-state index in [2.05, 4.69) is 0 Å². The number of nitrogens with zero attached hydrogens (tertiary/aromatic N) is 1. The summed E-state index contributed by atoms with van der Waals surface area (Å²) in [5.74, 6) is -2.25. The van der Waals surface area contributed by atoms with Crippen molar-refractivity contribution in [2.45, 2.75) is 13.0 Å². The van der Waals surface area contributed by atoms with Gasteiger partial charge in [0.25, 0.3) is 11.7 Å². The number of hydrogen-bond donors (Lipinski definition) is 1. The third kappa shape index (κ3) is 4.98. The summed E-state index contributed by atoms with van der Waals surface area (Å²) < 4.78 is 15.4. The number of aliphatic hydroxyl groups is 1. The third-order valence-corrected chi connectivity index (χ3v) is 5.50. The van der Waals surface area contributed by atoms with E-state index in [1.807, 2.05) is 0 Å². The fraction of sp³-hybridized carbons (Fsp3) is 0.261. The number of ketones is 1. The van der Waals surface area contributed by atoms with E-state index in [4.69, 9.17) is 37.4 Å². The minimum atomic E-state index is -0.936. The molecule has 10 heteroatoms. The molecular weight excluding hydrogens is 473 g/mol. The predicted octanol–water partition coefficient (Wildman–Crippen LogP) is 4.00. The maximum atomic E-state index is 13.0. The van der Waals surface area contributed by atoms with Gasteiger partial charge in [-0.05, 0) is 29.8 Å². The Bertz CT molecular complexity index is 1130. The Balaban J connectivity index is 2.20.